The van der Waals surface area contributed by atoms with Crippen molar-refractivity contribution in [3.05, 3.63) is 41.6 Å². The Morgan fingerprint density at radius 1 is 1.50 bits per heavy atom. The Kier molecular flexibility index (Phi) is 3.79. The Labute approximate surface area is 105 Å². The van der Waals surface area contributed by atoms with Crippen molar-refractivity contribution in [2.24, 2.45) is 5.73 Å². The van der Waals surface area contributed by atoms with E-state index in [0.29, 0.717) is 12.1 Å². The van der Waals surface area contributed by atoms with E-state index in [1.807, 2.05) is 30.4 Å². The topological polar surface area (TPSA) is 68.1 Å². The molecule has 2 aromatic rings. The van der Waals surface area contributed by atoms with E-state index < -0.39 is 0 Å². The second-order valence-corrected chi connectivity index (χ2v) is 3.98. The van der Waals surface area contributed by atoms with Gasteiger partial charge in [0, 0.05) is 17.1 Å². The van der Waals surface area contributed by atoms with E-state index >= 15 is 0 Å². The highest BCUT2D eigenvalue weighted by Crippen LogP contribution is 2.21. The molecule has 4 heteroatoms. The number of aromatic amines is 1. The van der Waals surface area contributed by atoms with Crippen LogP contribution in [0.5, 0.6) is 0 Å². The van der Waals surface area contributed by atoms with Gasteiger partial charge >= 0.3 is 5.97 Å². The SMILES string of the molecule is COC(=O)c1c[nH]c2ccc(C=CCCN)cc12. The number of hydrogen-bond donors (Lipinski definition) is 2. The van der Waals surface area contributed by atoms with Crippen LogP contribution in [0.4, 0.5) is 0 Å². The Morgan fingerprint density at radius 2 is 2.33 bits per heavy atom. The van der Waals surface area contributed by atoms with E-state index in [-0.39, 0.29) is 5.97 Å². The predicted octanol–water partition coefficient (Wildman–Crippen LogP) is 2.32. The van der Waals surface area contributed by atoms with Crippen molar-refractivity contribution in [3.8, 4) is 0 Å². The predicted molar refractivity (Wildman–Crippen MR) is 72.3 cm³/mol. The molecule has 1 aromatic carbocycles. The molecule has 0 saturated carbocycles. The first-order valence-corrected chi connectivity index (χ1v) is 5.82. The van der Waals surface area contributed by atoms with Crippen LogP contribution in [0.2, 0.25) is 0 Å². The summed E-state index contributed by atoms with van der Waals surface area (Å²) in [6.45, 7) is 0.635. The second-order valence-electron chi connectivity index (χ2n) is 3.98. The number of nitrogens with two attached hydrogens (primary N) is 1. The molecule has 0 saturated heterocycles. The minimum atomic E-state index is -0.329. The summed E-state index contributed by atoms with van der Waals surface area (Å²) in [5.74, 6) is -0.329. The van der Waals surface area contributed by atoms with Crippen LogP contribution in [-0.2, 0) is 4.74 Å². The highest BCUT2D eigenvalue weighted by Gasteiger charge is 2.11. The van der Waals surface area contributed by atoms with Crippen molar-refractivity contribution in [3.63, 3.8) is 0 Å². The van der Waals surface area contributed by atoms with E-state index in [2.05, 4.69) is 4.98 Å². The third-order valence-electron chi connectivity index (χ3n) is 2.75. The van der Waals surface area contributed by atoms with Crippen LogP contribution in [0.1, 0.15) is 22.3 Å². The molecule has 1 aromatic heterocycles. The number of hydrogen-bond acceptors (Lipinski definition) is 3. The van der Waals surface area contributed by atoms with Gasteiger partial charge in [-0.1, -0.05) is 18.2 Å². The maximum Gasteiger partial charge on any atom is 0.340 e. The number of aromatic nitrogens is 1. The number of methoxy groups -OCH3 is 1. The second kappa shape index (κ2) is 5.51. The van der Waals surface area contributed by atoms with Gasteiger partial charge in [0.05, 0.1) is 12.7 Å². The summed E-state index contributed by atoms with van der Waals surface area (Å²) in [6.07, 6.45) is 6.53. The van der Waals surface area contributed by atoms with Crippen LogP contribution in [-0.4, -0.2) is 24.6 Å². The fourth-order valence-electron chi connectivity index (χ4n) is 1.84. The molecule has 2 rings (SSSR count). The first-order valence-electron chi connectivity index (χ1n) is 5.82. The zero-order valence-corrected chi connectivity index (χ0v) is 10.3. The smallest absolute Gasteiger partial charge is 0.340 e. The number of nitrogens with one attached hydrogen (secondary N) is 1. The maximum atomic E-state index is 11.6. The number of ether oxygens (including phenoxy) is 1. The molecule has 94 valence electrons. The molecule has 18 heavy (non-hydrogen) atoms. The lowest BCUT2D eigenvalue weighted by Crippen LogP contribution is -1.99. The molecule has 0 aliphatic rings. The average molecular weight is 244 g/mol. The number of rotatable bonds is 4. The molecule has 3 N–H and O–H groups in total. The third-order valence-corrected chi connectivity index (χ3v) is 2.75. The van der Waals surface area contributed by atoms with Gasteiger partial charge in [-0.15, -0.1) is 0 Å². The van der Waals surface area contributed by atoms with Gasteiger partial charge in [0.15, 0.2) is 0 Å². The molecule has 0 amide bonds. The quantitative estimate of drug-likeness (QED) is 0.811. The lowest BCUT2D eigenvalue weighted by atomic mass is 10.1. The minimum absolute atomic E-state index is 0.329. The molecule has 0 bridgehead atoms. The fourth-order valence-corrected chi connectivity index (χ4v) is 1.84. The summed E-state index contributed by atoms with van der Waals surface area (Å²) in [7, 11) is 1.38. The van der Waals surface area contributed by atoms with Gasteiger partial charge in [-0.3, -0.25) is 0 Å². The van der Waals surface area contributed by atoms with Gasteiger partial charge < -0.3 is 15.5 Å². The van der Waals surface area contributed by atoms with Crippen molar-refractivity contribution in [2.45, 2.75) is 6.42 Å². The van der Waals surface area contributed by atoms with Gasteiger partial charge in [-0.05, 0) is 30.7 Å². The zero-order chi connectivity index (χ0) is 13.0. The number of esters is 1. The summed E-state index contributed by atoms with van der Waals surface area (Å²) in [5, 5.41) is 0.872. The molecule has 0 spiro atoms. The highest BCUT2D eigenvalue weighted by atomic mass is 16.5. The summed E-state index contributed by atoms with van der Waals surface area (Å²) >= 11 is 0. The lowest BCUT2D eigenvalue weighted by molar-refractivity contribution is 0.0603. The largest absolute Gasteiger partial charge is 0.465 e. The van der Waals surface area contributed by atoms with Crippen molar-refractivity contribution in [1.82, 2.24) is 4.98 Å². The van der Waals surface area contributed by atoms with Gasteiger partial charge in [-0.25, -0.2) is 4.79 Å². The van der Waals surface area contributed by atoms with Gasteiger partial charge in [-0.2, -0.15) is 0 Å². The Balaban J connectivity index is 2.39. The fraction of sp³-hybridized carbons (Fsp3) is 0.214. The summed E-state index contributed by atoms with van der Waals surface area (Å²) < 4.78 is 4.75. The lowest BCUT2D eigenvalue weighted by Gasteiger charge is -1.98. The normalized spacial score (nSPS) is 11.2. The summed E-state index contributed by atoms with van der Waals surface area (Å²) in [5.41, 5.74) is 7.95. The first-order chi connectivity index (χ1) is 8.76. The number of carbonyl (C=O) groups excluding carboxylic acids is 1. The van der Waals surface area contributed by atoms with E-state index in [9.17, 15) is 4.79 Å². The van der Waals surface area contributed by atoms with Crippen molar-refractivity contribution in [1.29, 1.82) is 0 Å². The van der Waals surface area contributed by atoms with Crippen molar-refractivity contribution < 1.29 is 9.53 Å². The average Bonchev–Trinajstić information content (AvgIpc) is 2.81. The monoisotopic (exact) mass is 244 g/mol. The number of benzene rings is 1. The molecule has 1 heterocycles. The summed E-state index contributed by atoms with van der Waals surface area (Å²) in [6, 6.07) is 5.90. The van der Waals surface area contributed by atoms with E-state index in [1.165, 1.54) is 7.11 Å². The molecule has 0 aliphatic carbocycles. The van der Waals surface area contributed by atoms with Gasteiger partial charge in [0.2, 0.25) is 0 Å². The van der Waals surface area contributed by atoms with Crippen LogP contribution in [0.15, 0.2) is 30.5 Å². The Morgan fingerprint density at radius 3 is 3.06 bits per heavy atom. The van der Waals surface area contributed by atoms with Crippen LogP contribution >= 0.6 is 0 Å². The van der Waals surface area contributed by atoms with E-state index in [1.54, 1.807) is 6.20 Å². The van der Waals surface area contributed by atoms with Gasteiger partial charge in [0.1, 0.15) is 0 Å². The molecule has 0 aliphatic heterocycles. The van der Waals surface area contributed by atoms with Crippen LogP contribution in [0.3, 0.4) is 0 Å². The number of fused-ring (bicyclic) bond motifs is 1. The van der Waals surface area contributed by atoms with Crippen LogP contribution in [0.25, 0.3) is 17.0 Å². The van der Waals surface area contributed by atoms with Crippen LogP contribution < -0.4 is 5.73 Å². The highest BCUT2D eigenvalue weighted by molar-refractivity contribution is 6.04. The van der Waals surface area contributed by atoms with Gasteiger partial charge in [0.25, 0.3) is 0 Å². The van der Waals surface area contributed by atoms with Crippen molar-refractivity contribution >= 4 is 22.9 Å². The zero-order valence-electron chi connectivity index (χ0n) is 10.3. The first kappa shape index (κ1) is 12.4. The molecule has 0 unspecified atom stereocenters. The number of H-pyrrole nitrogens is 1. The van der Waals surface area contributed by atoms with E-state index in [0.717, 1.165) is 22.9 Å². The molecule has 0 radical (unpaired) electrons. The minimum Gasteiger partial charge on any atom is -0.465 e. The molecular formula is C14H16N2O2. The van der Waals surface area contributed by atoms with Crippen molar-refractivity contribution in [2.75, 3.05) is 13.7 Å². The Hall–Kier alpha value is -2.07. The summed E-state index contributed by atoms with van der Waals surface area (Å²) in [4.78, 5) is 14.6. The third kappa shape index (κ3) is 2.43. The van der Waals surface area contributed by atoms with E-state index in [4.69, 9.17) is 10.5 Å². The standard InChI is InChI=1S/C14H16N2O2/c1-18-14(17)12-9-16-13-6-5-10(8-11(12)13)4-2-3-7-15/h2,4-6,8-9,16H,3,7,15H2,1H3. The Bertz CT molecular complexity index is 584. The molecule has 0 fully saturated rings. The molecule has 0 atom stereocenters. The maximum absolute atomic E-state index is 11.6. The molecule has 4 nitrogen and oxygen atoms in total. The molecular weight excluding hydrogens is 228 g/mol. The number of carbonyl (C=O) groups is 1. The van der Waals surface area contributed by atoms with Crippen LogP contribution in [0, 0.1) is 0 Å².